The van der Waals surface area contributed by atoms with E-state index < -0.39 is 0 Å². The lowest BCUT2D eigenvalue weighted by atomic mass is 10.2. The molecule has 2 aromatic rings. The summed E-state index contributed by atoms with van der Waals surface area (Å²) < 4.78 is 1.16. The second-order valence-corrected chi connectivity index (χ2v) is 6.55. The lowest BCUT2D eigenvalue weighted by molar-refractivity contribution is -0.130. The molecule has 0 aliphatic carbocycles. The van der Waals surface area contributed by atoms with Crippen molar-refractivity contribution in [2.45, 2.75) is 32.7 Å². The van der Waals surface area contributed by atoms with Crippen LogP contribution in [-0.4, -0.2) is 34.9 Å². The molecule has 1 saturated heterocycles. The molecule has 2 heterocycles. The van der Waals surface area contributed by atoms with Crippen LogP contribution in [0.15, 0.2) is 18.2 Å². The van der Waals surface area contributed by atoms with Crippen LogP contribution in [0.4, 0.5) is 5.69 Å². The van der Waals surface area contributed by atoms with E-state index in [1.165, 1.54) is 0 Å². The van der Waals surface area contributed by atoms with E-state index in [0.29, 0.717) is 0 Å². The van der Waals surface area contributed by atoms with E-state index in [1.807, 2.05) is 30.9 Å². The number of hydrogen-bond donors (Lipinski definition) is 1. The van der Waals surface area contributed by atoms with Gasteiger partial charge in [-0.25, -0.2) is 4.98 Å². The van der Waals surface area contributed by atoms with Crippen LogP contribution in [0.3, 0.4) is 0 Å². The first-order valence-electron chi connectivity index (χ1n) is 7.06. The predicted molar refractivity (Wildman–Crippen MR) is 83.3 cm³/mol. The number of carbonyl (C=O) groups is 1. The van der Waals surface area contributed by atoms with E-state index in [4.69, 9.17) is 0 Å². The molecule has 1 aliphatic rings. The summed E-state index contributed by atoms with van der Waals surface area (Å²) in [6.45, 7) is 5.75. The van der Waals surface area contributed by atoms with Gasteiger partial charge in [-0.3, -0.25) is 4.79 Å². The molecule has 1 fully saturated rings. The van der Waals surface area contributed by atoms with Gasteiger partial charge in [0, 0.05) is 18.8 Å². The third-order valence-corrected chi connectivity index (χ3v) is 4.60. The molecule has 4 nitrogen and oxygen atoms in total. The third kappa shape index (κ3) is 2.63. The van der Waals surface area contributed by atoms with Crippen LogP contribution in [-0.2, 0) is 4.79 Å². The molecule has 5 heteroatoms. The van der Waals surface area contributed by atoms with Gasteiger partial charge < -0.3 is 10.2 Å². The van der Waals surface area contributed by atoms with Crippen molar-refractivity contribution in [2.75, 3.05) is 18.4 Å². The maximum absolute atomic E-state index is 12.3. The Hall–Kier alpha value is -1.62. The maximum atomic E-state index is 12.3. The molecule has 1 amide bonds. The Morgan fingerprint density at radius 2 is 2.15 bits per heavy atom. The molecule has 1 aromatic carbocycles. The highest BCUT2D eigenvalue weighted by Gasteiger charge is 2.23. The van der Waals surface area contributed by atoms with E-state index in [2.05, 4.69) is 16.4 Å². The van der Waals surface area contributed by atoms with Crippen molar-refractivity contribution in [1.82, 2.24) is 9.88 Å². The SMILES string of the molecule is Cc1nc2ccc(N[C@@H](C)C(=O)N3CCCC3)cc2s1. The Bertz CT molecular complexity index is 631. The summed E-state index contributed by atoms with van der Waals surface area (Å²) >= 11 is 1.68. The van der Waals surface area contributed by atoms with Gasteiger partial charge >= 0.3 is 0 Å². The molecular weight excluding hydrogens is 270 g/mol. The highest BCUT2D eigenvalue weighted by molar-refractivity contribution is 7.18. The van der Waals surface area contributed by atoms with Gasteiger partial charge in [0.05, 0.1) is 15.2 Å². The molecule has 1 aromatic heterocycles. The smallest absolute Gasteiger partial charge is 0.244 e. The van der Waals surface area contributed by atoms with Gasteiger partial charge in [0.15, 0.2) is 0 Å². The number of thiazole rings is 1. The Labute approximate surface area is 122 Å². The van der Waals surface area contributed by atoms with Gasteiger partial charge in [-0.1, -0.05) is 0 Å². The minimum Gasteiger partial charge on any atom is -0.374 e. The summed E-state index contributed by atoms with van der Waals surface area (Å²) in [5.74, 6) is 0.197. The first-order chi connectivity index (χ1) is 9.63. The lowest BCUT2D eigenvalue weighted by Gasteiger charge is -2.21. The Morgan fingerprint density at radius 3 is 2.90 bits per heavy atom. The average Bonchev–Trinajstić information content (AvgIpc) is 3.05. The summed E-state index contributed by atoms with van der Waals surface area (Å²) in [4.78, 5) is 18.7. The number of rotatable bonds is 3. The van der Waals surface area contributed by atoms with Crippen molar-refractivity contribution in [3.8, 4) is 0 Å². The predicted octanol–water partition coefficient (Wildman–Crippen LogP) is 3.03. The van der Waals surface area contributed by atoms with Crippen molar-refractivity contribution in [1.29, 1.82) is 0 Å². The Morgan fingerprint density at radius 1 is 1.40 bits per heavy atom. The van der Waals surface area contributed by atoms with E-state index >= 15 is 0 Å². The van der Waals surface area contributed by atoms with Crippen molar-refractivity contribution in [2.24, 2.45) is 0 Å². The topological polar surface area (TPSA) is 45.2 Å². The largest absolute Gasteiger partial charge is 0.374 e. The molecule has 0 saturated carbocycles. The van der Waals surface area contributed by atoms with Crippen molar-refractivity contribution in [3.05, 3.63) is 23.2 Å². The standard InChI is InChI=1S/C15H19N3OS/c1-10(15(19)18-7-3-4-8-18)16-12-5-6-13-14(9-12)20-11(2)17-13/h5-6,9-10,16H,3-4,7-8H2,1-2H3/t10-/m0/s1. The molecule has 0 bridgehead atoms. The van der Waals surface area contributed by atoms with Crippen molar-refractivity contribution < 1.29 is 4.79 Å². The summed E-state index contributed by atoms with van der Waals surface area (Å²) in [5, 5.41) is 4.38. The van der Waals surface area contributed by atoms with Crippen LogP contribution in [0.2, 0.25) is 0 Å². The van der Waals surface area contributed by atoms with Gasteiger partial charge in [0.2, 0.25) is 5.91 Å². The summed E-state index contributed by atoms with van der Waals surface area (Å²) in [5.41, 5.74) is 2.01. The number of aryl methyl sites for hydroxylation is 1. The summed E-state index contributed by atoms with van der Waals surface area (Å²) in [6.07, 6.45) is 2.26. The van der Waals surface area contributed by atoms with Crippen LogP contribution >= 0.6 is 11.3 Å². The number of nitrogens with zero attached hydrogens (tertiary/aromatic N) is 2. The van der Waals surface area contributed by atoms with Crippen LogP contribution < -0.4 is 5.32 Å². The number of anilines is 1. The first-order valence-corrected chi connectivity index (χ1v) is 7.87. The monoisotopic (exact) mass is 289 g/mol. The van der Waals surface area contributed by atoms with Crippen LogP contribution in [0.5, 0.6) is 0 Å². The average molecular weight is 289 g/mol. The van der Waals surface area contributed by atoms with Crippen molar-refractivity contribution >= 4 is 33.1 Å². The molecule has 1 N–H and O–H groups in total. The third-order valence-electron chi connectivity index (χ3n) is 3.67. The zero-order chi connectivity index (χ0) is 14.1. The molecule has 0 spiro atoms. The zero-order valence-corrected chi connectivity index (χ0v) is 12.7. The van der Waals surface area contributed by atoms with E-state index in [9.17, 15) is 4.79 Å². The Balaban J connectivity index is 1.72. The van der Waals surface area contributed by atoms with Crippen LogP contribution in [0.25, 0.3) is 10.2 Å². The van der Waals surface area contributed by atoms with Gasteiger partial charge in [-0.05, 0) is 44.9 Å². The zero-order valence-electron chi connectivity index (χ0n) is 11.8. The number of likely N-dealkylation sites (tertiary alicyclic amines) is 1. The summed E-state index contributed by atoms with van der Waals surface area (Å²) in [6, 6.07) is 5.90. The first kappa shape index (κ1) is 13.4. The number of fused-ring (bicyclic) bond motifs is 1. The number of amides is 1. The van der Waals surface area contributed by atoms with Gasteiger partial charge in [0.1, 0.15) is 6.04 Å². The summed E-state index contributed by atoms with van der Waals surface area (Å²) in [7, 11) is 0. The molecule has 1 atom stereocenters. The fourth-order valence-electron chi connectivity index (χ4n) is 2.65. The fourth-order valence-corrected chi connectivity index (χ4v) is 3.52. The number of aromatic nitrogens is 1. The van der Waals surface area contributed by atoms with E-state index in [-0.39, 0.29) is 11.9 Å². The minimum atomic E-state index is -0.181. The molecule has 0 radical (unpaired) electrons. The van der Waals surface area contributed by atoms with E-state index in [1.54, 1.807) is 11.3 Å². The number of hydrogen-bond acceptors (Lipinski definition) is 4. The highest BCUT2D eigenvalue weighted by Crippen LogP contribution is 2.25. The molecular formula is C15H19N3OS. The van der Waals surface area contributed by atoms with Crippen LogP contribution in [0.1, 0.15) is 24.8 Å². The number of benzene rings is 1. The van der Waals surface area contributed by atoms with E-state index in [0.717, 1.165) is 46.8 Å². The fraction of sp³-hybridized carbons (Fsp3) is 0.467. The minimum absolute atomic E-state index is 0.181. The molecule has 0 unspecified atom stereocenters. The van der Waals surface area contributed by atoms with Gasteiger partial charge in [0.25, 0.3) is 0 Å². The normalized spacial score (nSPS) is 16.6. The van der Waals surface area contributed by atoms with Crippen molar-refractivity contribution in [3.63, 3.8) is 0 Å². The quantitative estimate of drug-likeness (QED) is 0.944. The van der Waals surface area contributed by atoms with Gasteiger partial charge in [-0.15, -0.1) is 11.3 Å². The Kier molecular flexibility index (Phi) is 3.61. The number of nitrogens with one attached hydrogen (secondary N) is 1. The second-order valence-electron chi connectivity index (χ2n) is 5.31. The lowest BCUT2D eigenvalue weighted by Crippen LogP contribution is -2.39. The number of carbonyl (C=O) groups excluding carboxylic acids is 1. The van der Waals surface area contributed by atoms with Crippen LogP contribution in [0, 0.1) is 6.92 Å². The molecule has 1 aliphatic heterocycles. The van der Waals surface area contributed by atoms with Gasteiger partial charge in [-0.2, -0.15) is 0 Å². The molecule has 3 rings (SSSR count). The second kappa shape index (κ2) is 5.40. The molecule has 20 heavy (non-hydrogen) atoms. The maximum Gasteiger partial charge on any atom is 0.244 e. The highest BCUT2D eigenvalue weighted by atomic mass is 32.1. The molecule has 106 valence electrons.